The fourth-order valence-corrected chi connectivity index (χ4v) is 2.66. The lowest BCUT2D eigenvalue weighted by Crippen LogP contribution is -2.14. The van der Waals surface area contributed by atoms with E-state index in [1.165, 1.54) is 6.20 Å². The summed E-state index contributed by atoms with van der Waals surface area (Å²) in [6, 6.07) is 16.6. The fraction of sp³-hybridized carbons (Fsp3) is 0. The summed E-state index contributed by atoms with van der Waals surface area (Å²) < 4.78 is 0. The third kappa shape index (κ3) is 4.39. The number of anilines is 2. The van der Waals surface area contributed by atoms with Gasteiger partial charge in [-0.1, -0.05) is 35.3 Å². The quantitative estimate of drug-likeness (QED) is 0.627. The molecule has 2 aromatic carbocycles. The summed E-state index contributed by atoms with van der Waals surface area (Å²) in [5, 5.41) is 6.09. The first-order valence-electron chi connectivity index (χ1n) is 7.62. The van der Waals surface area contributed by atoms with Crippen LogP contribution in [0.1, 0.15) is 20.7 Å². The smallest absolute Gasteiger partial charge is 0.258 e. The number of hydrogen-bond acceptors (Lipinski definition) is 3. The van der Waals surface area contributed by atoms with Crippen molar-refractivity contribution in [2.45, 2.75) is 0 Å². The van der Waals surface area contributed by atoms with Crippen LogP contribution in [0.3, 0.4) is 0 Å². The Labute approximate surface area is 160 Å². The second-order valence-corrected chi connectivity index (χ2v) is 6.14. The van der Waals surface area contributed by atoms with Gasteiger partial charge >= 0.3 is 0 Å². The molecule has 2 amide bonds. The molecule has 0 radical (unpaired) electrons. The highest BCUT2D eigenvalue weighted by Gasteiger charge is 2.12. The zero-order chi connectivity index (χ0) is 18.5. The van der Waals surface area contributed by atoms with Gasteiger partial charge in [-0.25, -0.2) is 4.98 Å². The molecule has 0 bridgehead atoms. The summed E-state index contributed by atoms with van der Waals surface area (Å²) in [7, 11) is 0. The van der Waals surface area contributed by atoms with E-state index in [9.17, 15) is 9.59 Å². The maximum absolute atomic E-state index is 12.3. The molecule has 3 aromatic rings. The van der Waals surface area contributed by atoms with E-state index in [2.05, 4.69) is 15.6 Å². The van der Waals surface area contributed by atoms with Gasteiger partial charge in [0.1, 0.15) is 5.15 Å². The molecule has 0 spiro atoms. The van der Waals surface area contributed by atoms with E-state index in [0.29, 0.717) is 22.0 Å². The first kappa shape index (κ1) is 17.9. The van der Waals surface area contributed by atoms with Crippen molar-refractivity contribution >= 4 is 46.4 Å². The summed E-state index contributed by atoms with van der Waals surface area (Å²) in [5.41, 5.74) is 1.75. The van der Waals surface area contributed by atoms with Gasteiger partial charge in [0.25, 0.3) is 11.8 Å². The number of carbonyl (C=O) groups is 2. The van der Waals surface area contributed by atoms with E-state index in [1.54, 1.807) is 60.7 Å². The summed E-state index contributed by atoms with van der Waals surface area (Å²) in [4.78, 5) is 28.4. The zero-order valence-electron chi connectivity index (χ0n) is 13.4. The molecule has 0 saturated heterocycles. The van der Waals surface area contributed by atoms with Crippen LogP contribution in [0.25, 0.3) is 0 Å². The molecule has 0 saturated carbocycles. The Morgan fingerprint density at radius 2 is 1.50 bits per heavy atom. The molecule has 5 nitrogen and oxygen atoms in total. The van der Waals surface area contributed by atoms with Crippen molar-refractivity contribution < 1.29 is 9.59 Å². The summed E-state index contributed by atoms with van der Waals surface area (Å²) in [6.45, 7) is 0. The van der Waals surface area contributed by atoms with E-state index in [-0.39, 0.29) is 22.5 Å². The third-order valence-electron chi connectivity index (χ3n) is 3.47. The number of aromatic nitrogens is 1. The lowest BCUT2D eigenvalue weighted by Gasteiger charge is -2.09. The van der Waals surface area contributed by atoms with E-state index in [1.807, 2.05) is 0 Å². The van der Waals surface area contributed by atoms with Gasteiger partial charge in [0, 0.05) is 28.2 Å². The molecule has 0 fully saturated rings. The molecule has 1 heterocycles. The molecule has 0 aliphatic heterocycles. The first-order chi connectivity index (χ1) is 12.5. The number of carbonyl (C=O) groups excluding carboxylic acids is 2. The minimum atomic E-state index is -0.388. The molecule has 0 aliphatic carbocycles. The van der Waals surface area contributed by atoms with Crippen molar-refractivity contribution in [3.8, 4) is 0 Å². The van der Waals surface area contributed by atoms with Gasteiger partial charge in [-0.05, 0) is 48.5 Å². The van der Waals surface area contributed by atoms with Crippen molar-refractivity contribution in [2.75, 3.05) is 10.6 Å². The number of halogens is 2. The van der Waals surface area contributed by atoms with Crippen LogP contribution >= 0.6 is 23.2 Å². The predicted molar refractivity (Wildman–Crippen MR) is 103 cm³/mol. The Hall–Kier alpha value is -2.89. The van der Waals surface area contributed by atoms with Gasteiger partial charge in [-0.3, -0.25) is 9.59 Å². The van der Waals surface area contributed by atoms with Crippen molar-refractivity contribution in [3.63, 3.8) is 0 Å². The molecule has 130 valence electrons. The van der Waals surface area contributed by atoms with Gasteiger partial charge in [0.15, 0.2) is 0 Å². The van der Waals surface area contributed by atoms with Gasteiger partial charge < -0.3 is 10.6 Å². The highest BCUT2D eigenvalue weighted by atomic mass is 35.5. The lowest BCUT2D eigenvalue weighted by molar-refractivity contribution is 0.101. The molecule has 3 rings (SSSR count). The molecule has 26 heavy (non-hydrogen) atoms. The topological polar surface area (TPSA) is 71.1 Å². The molecular formula is C19H13Cl2N3O2. The van der Waals surface area contributed by atoms with Gasteiger partial charge in [-0.2, -0.15) is 0 Å². The maximum Gasteiger partial charge on any atom is 0.258 e. The summed E-state index contributed by atoms with van der Waals surface area (Å²) in [5.74, 6) is -0.687. The average Bonchev–Trinajstić information content (AvgIpc) is 2.62. The van der Waals surface area contributed by atoms with Gasteiger partial charge in [0.05, 0.1) is 5.56 Å². The Kier molecular flexibility index (Phi) is 5.51. The normalized spacial score (nSPS) is 10.2. The summed E-state index contributed by atoms with van der Waals surface area (Å²) in [6.07, 6.45) is 1.51. The molecule has 0 atom stereocenters. The zero-order valence-corrected chi connectivity index (χ0v) is 14.9. The number of nitrogens with one attached hydrogen (secondary N) is 2. The van der Waals surface area contributed by atoms with E-state index in [4.69, 9.17) is 23.2 Å². The van der Waals surface area contributed by atoms with Crippen LogP contribution in [0, 0.1) is 0 Å². The van der Waals surface area contributed by atoms with Crippen LogP contribution in [0.15, 0.2) is 66.9 Å². The van der Waals surface area contributed by atoms with E-state index < -0.39 is 0 Å². The van der Waals surface area contributed by atoms with Crippen molar-refractivity contribution in [3.05, 3.63) is 88.2 Å². The monoisotopic (exact) mass is 385 g/mol. The van der Waals surface area contributed by atoms with Crippen molar-refractivity contribution in [1.29, 1.82) is 0 Å². The molecule has 0 aliphatic rings. The molecule has 7 heteroatoms. The molecular weight excluding hydrogens is 373 g/mol. The first-order valence-corrected chi connectivity index (χ1v) is 8.37. The van der Waals surface area contributed by atoms with Crippen LogP contribution in [0.5, 0.6) is 0 Å². The number of amides is 2. The van der Waals surface area contributed by atoms with Crippen LogP contribution < -0.4 is 10.6 Å². The minimum absolute atomic E-state index is 0.121. The Morgan fingerprint density at radius 3 is 2.19 bits per heavy atom. The predicted octanol–water partition coefficient (Wildman–Crippen LogP) is 4.89. The second-order valence-electron chi connectivity index (χ2n) is 5.34. The largest absolute Gasteiger partial charge is 0.322 e. The fourth-order valence-electron chi connectivity index (χ4n) is 2.26. The van der Waals surface area contributed by atoms with Gasteiger partial charge in [0.2, 0.25) is 0 Å². The Bertz CT molecular complexity index is 976. The minimum Gasteiger partial charge on any atom is -0.322 e. The van der Waals surface area contributed by atoms with Gasteiger partial charge in [-0.15, -0.1) is 0 Å². The number of benzene rings is 2. The van der Waals surface area contributed by atoms with E-state index >= 15 is 0 Å². The standard InChI is InChI=1S/C19H13Cl2N3O2/c20-13-5-1-4-12(10-13)18(25)23-14-6-2-7-15(11-14)24-19(26)16-8-3-9-22-17(16)21/h1-11H,(H,23,25)(H,24,26). The van der Waals surface area contributed by atoms with Crippen LogP contribution in [0.4, 0.5) is 11.4 Å². The lowest BCUT2D eigenvalue weighted by atomic mass is 10.2. The van der Waals surface area contributed by atoms with E-state index in [0.717, 1.165) is 0 Å². The maximum atomic E-state index is 12.3. The Morgan fingerprint density at radius 1 is 0.808 bits per heavy atom. The number of pyridine rings is 1. The molecule has 2 N–H and O–H groups in total. The molecule has 0 unspecified atom stereocenters. The number of rotatable bonds is 4. The summed E-state index contributed by atoms with van der Waals surface area (Å²) >= 11 is 11.8. The van der Waals surface area contributed by atoms with Crippen LogP contribution in [0.2, 0.25) is 10.2 Å². The van der Waals surface area contributed by atoms with Crippen LogP contribution in [-0.2, 0) is 0 Å². The number of nitrogens with zero attached hydrogens (tertiary/aromatic N) is 1. The second kappa shape index (κ2) is 7.99. The van der Waals surface area contributed by atoms with Crippen molar-refractivity contribution in [2.24, 2.45) is 0 Å². The highest BCUT2D eigenvalue weighted by Crippen LogP contribution is 2.19. The highest BCUT2D eigenvalue weighted by molar-refractivity contribution is 6.33. The van der Waals surface area contributed by atoms with Crippen LogP contribution in [-0.4, -0.2) is 16.8 Å². The average molecular weight is 386 g/mol. The molecule has 1 aromatic heterocycles. The third-order valence-corrected chi connectivity index (χ3v) is 4.01. The Balaban J connectivity index is 1.73. The SMILES string of the molecule is O=C(Nc1cccc(NC(=O)c2cccnc2Cl)c1)c1cccc(Cl)c1. The van der Waals surface area contributed by atoms with Crippen molar-refractivity contribution in [1.82, 2.24) is 4.98 Å². The number of hydrogen-bond donors (Lipinski definition) is 2.